The molecule has 78 heavy (non-hydrogen) atoms. The van der Waals surface area contributed by atoms with Crippen LogP contribution in [0.1, 0.15) is 361 Å². The van der Waals surface area contributed by atoms with Crippen molar-refractivity contribution in [2.45, 2.75) is 367 Å². The van der Waals surface area contributed by atoms with Crippen molar-refractivity contribution >= 4 is 17.9 Å². The molecule has 6 nitrogen and oxygen atoms in total. The molecule has 0 spiro atoms. The van der Waals surface area contributed by atoms with E-state index in [0.717, 1.165) is 89.9 Å². The predicted octanol–water partition coefficient (Wildman–Crippen LogP) is 23.5. The first-order valence-corrected chi connectivity index (χ1v) is 34.3. The van der Waals surface area contributed by atoms with E-state index in [9.17, 15) is 14.4 Å². The Bertz CT molecular complexity index is 1390. The molecular formula is C72H130O6. The zero-order valence-electron chi connectivity index (χ0n) is 52.2. The van der Waals surface area contributed by atoms with Gasteiger partial charge in [0, 0.05) is 19.3 Å². The maximum absolute atomic E-state index is 12.9. The minimum atomic E-state index is -0.777. The minimum Gasteiger partial charge on any atom is -0.462 e. The summed E-state index contributed by atoms with van der Waals surface area (Å²) in [6.45, 7) is 6.55. The van der Waals surface area contributed by atoms with Crippen LogP contribution < -0.4 is 0 Å². The van der Waals surface area contributed by atoms with Crippen LogP contribution in [0.5, 0.6) is 0 Å². The molecule has 1 atom stereocenters. The molecule has 0 aliphatic carbocycles. The van der Waals surface area contributed by atoms with Crippen molar-refractivity contribution in [1.82, 2.24) is 0 Å². The van der Waals surface area contributed by atoms with Gasteiger partial charge in [0.25, 0.3) is 0 Å². The molecule has 0 aromatic carbocycles. The van der Waals surface area contributed by atoms with Crippen molar-refractivity contribution in [3.63, 3.8) is 0 Å². The third kappa shape index (κ3) is 63.9. The van der Waals surface area contributed by atoms with E-state index in [4.69, 9.17) is 14.2 Å². The van der Waals surface area contributed by atoms with E-state index in [2.05, 4.69) is 81.5 Å². The predicted molar refractivity (Wildman–Crippen MR) is 339 cm³/mol. The molecule has 0 aliphatic heterocycles. The van der Waals surface area contributed by atoms with Crippen LogP contribution >= 0.6 is 0 Å². The zero-order valence-corrected chi connectivity index (χ0v) is 52.2. The average molecular weight is 1090 g/mol. The topological polar surface area (TPSA) is 78.9 Å². The van der Waals surface area contributed by atoms with E-state index >= 15 is 0 Å². The van der Waals surface area contributed by atoms with Crippen LogP contribution in [0.3, 0.4) is 0 Å². The van der Waals surface area contributed by atoms with Gasteiger partial charge in [0.2, 0.25) is 0 Å². The lowest BCUT2D eigenvalue weighted by atomic mass is 10.0. The lowest BCUT2D eigenvalue weighted by Gasteiger charge is -2.18. The van der Waals surface area contributed by atoms with E-state index in [1.165, 1.54) is 231 Å². The lowest BCUT2D eigenvalue weighted by molar-refractivity contribution is -0.167. The molecule has 0 rings (SSSR count). The van der Waals surface area contributed by atoms with Crippen molar-refractivity contribution in [3.8, 4) is 0 Å². The summed E-state index contributed by atoms with van der Waals surface area (Å²) in [4.78, 5) is 38.4. The molecule has 0 saturated carbocycles. The number of hydrogen-bond acceptors (Lipinski definition) is 6. The summed E-state index contributed by atoms with van der Waals surface area (Å²) in [5.74, 6) is -0.862. The third-order valence-corrected chi connectivity index (χ3v) is 15.3. The van der Waals surface area contributed by atoms with Crippen LogP contribution in [0.4, 0.5) is 0 Å². The summed E-state index contributed by atoms with van der Waals surface area (Å²) >= 11 is 0. The highest BCUT2D eigenvalue weighted by atomic mass is 16.6. The van der Waals surface area contributed by atoms with Crippen LogP contribution in [0.2, 0.25) is 0 Å². The first-order chi connectivity index (χ1) is 38.5. The summed E-state index contributed by atoms with van der Waals surface area (Å²) in [6, 6.07) is 0. The summed E-state index contributed by atoms with van der Waals surface area (Å²) in [7, 11) is 0. The highest BCUT2D eigenvalue weighted by Gasteiger charge is 2.19. The molecule has 0 amide bonds. The smallest absolute Gasteiger partial charge is 0.306 e. The number of carbonyl (C=O) groups is 3. The van der Waals surface area contributed by atoms with Crippen LogP contribution in [0, 0.1) is 0 Å². The van der Waals surface area contributed by atoms with E-state index in [0.29, 0.717) is 19.3 Å². The number of esters is 3. The summed E-state index contributed by atoms with van der Waals surface area (Å²) in [5.41, 5.74) is 0. The van der Waals surface area contributed by atoms with Gasteiger partial charge in [-0.3, -0.25) is 14.4 Å². The number of ether oxygens (including phenoxy) is 3. The van der Waals surface area contributed by atoms with Gasteiger partial charge in [-0.2, -0.15) is 0 Å². The second-order valence-electron chi connectivity index (χ2n) is 23.1. The molecule has 0 radical (unpaired) electrons. The first kappa shape index (κ1) is 75.1. The molecule has 0 fully saturated rings. The maximum atomic E-state index is 12.9. The maximum Gasteiger partial charge on any atom is 0.306 e. The average Bonchev–Trinajstić information content (AvgIpc) is 3.44. The number of unbranched alkanes of at least 4 members (excludes halogenated alkanes) is 42. The van der Waals surface area contributed by atoms with Crippen LogP contribution in [0.15, 0.2) is 60.8 Å². The molecule has 1 unspecified atom stereocenters. The molecule has 0 N–H and O–H groups in total. The molecular weight excluding hydrogens is 961 g/mol. The normalized spacial score (nSPS) is 12.4. The summed E-state index contributed by atoms with van der Waals surface area (Å²) in [6.07, 6.45) is 85.3. The Labute approximate surface area is 485 Å². The fourth-order valence-electron chi connectivity index (χ4n) is 10.1. The van der Waals surface area contributed by atoms with Gasteiger partial charge in [-0.05, 0) is 83.5 Å². The number of carbonyl (C=O) groups excluding carboxylic acids is 3. The van der Waals surface area contributed by atoms with Crippen LogP contribution in [-0.4, -0.2) is 37.2 Å². The van der Waals surface area contributed by atoms with Crippen molar-refractivity contribution in [3.05, 3.63) is 60.8 Å². The fraction of sp³-hybridized carbons (Fsp3) is 0.819. The zero-order chi connectivity index (χ0) is 56.4. The van der Waals surface area contributed by atoms with Crippen molar-refractivity contribution in [2.75, 3.05) is 13.2 Å². The number of hydrogen-bond donors (Lipinski definition) is 0. The van der Waals surface area contributed by atoms with Gasteiger partial charge in [-0.15, -0.1) is 0 Å². The molecule has 0 aromatic rings. The SMILES string of the molecule is CC/C=C\C/C=C\C/C=C\C/C=C\CCCCCCCCCCCCCCC(=O)OCC(COC(=O)CCCCCCC/C=C\CCCCC)OC(=O)CCCCCCCCCCCCCCCCCCCCCCCCC. The Kier molecular flexibility index (Phi) is 64.2. The lowest BCUT2D eigenvalue weighted by Crippen LogP contribution is -2.30. The van der Waals surface area contributed by atoms with Crippen LogP contribution in [0.25, 0.3) is 0 Å². The standard InChI is InChI=1S/C72H130O6/c1-4-7-10-13-16-19-22-25-27-29-31-33-35-36-38-39-41-43-45-47-50-53-56-59-62-65-71(74)77-68-69(67-76-70(73)64-61-58-55-52-49-24-21-18-15-12-9-6-3)78-72(75)66-63-60-57-54-51-48-46-44-42-40-37-34-32-30-28-26-23-20-17-14-11-8-5-2/h7,10,16,18-19,21,25,27,31,33,69H,4-6,8-9,11-15,17,20,22-24,26,28-30,32,34-68H2,1-3H3/b10-7-,19-16-,21-18-,27-25-,33-31-. The second kappa shape index (κ2) is 66.6. The molecule has 0 heterocycles. The summed E-state index contributed by atoms with van der Waals surface area (Å²) in [5, 5.41) is 0. The van der Waals surface area contributed by atoms with Gasteiger partial charge in [0.05, 0.1) is 0 Å². The van der Waals surface area contributed by atoms with Crippen molar-refractivity contribution < 1.29 is 28.6 Å². The Morgan fingerprint density at radius 2 is 0.500 bits per heavy atom. The molecule has 0 aromatic heterocycles. The third-order valence-electron chi connectivity index (χ3n) is 15.3. The molecule has 0 aliphatic rings. The Morgan fingerprint density at radius 3 is 0.821 bits per heavy atom. The van der Waals surface area contributed by atoms with Gasteiger partial charge in [0.15, 0.2) is 6.10 Å². The van der Waals surface area contributed by atoms with Gasteiger partial charge in [-0.1, -0.05) is 319 Å². The quantitative estimate of drug-likeness (QED) is 0.0261. The van der Waals surface area contributed by atoms with Gasteiger partial charge in [0.1, 0.15) is 13.2 Å². The highest BCUT2D eigenvalue weighted by molar-refractivity contribution is 5.71. The van der Waals surface area contributed by atoms with Crippen LogP contribution in [-0.2, 0) is 28.6 Å². The fourth-order valence-corrected chi connectivity index (χ4v) is 10.1. The Morgan fingerprint density at radius 1 is 0.269 bits per heavy atom. The largest absolute Gasteiger partial charge is 0.462 e. The molecule has 6 heteroatoms. The van der Waals surface area contributed by atoms with Gasteiger partial charge in [-0.25, -0.2) is 0 Å². The van der Waals surface area contributed by atoms with Crippen molar-refractivity contribution in [2.24, 2.45) is 0 Å². The number of rotatable bonds is 63. The van der Waals surface area contributed by atoms with E-state index in [1.54, 1.807) is 0 Å². The van der Waals surface area contributed by atoms with Gasteiger partial charge < -0.3 is 14.2 Å². The minimum absolute atomic E-state index is 0.0738. The summed E-state index contributed by atoms with van der Waals surface area (Å²) < 4.78 is 17.0. The van der Waals surface area contributed by atoms with E-state index < -0.39 is 6.10 Å². The van der Waals surface area contributed by atoms with Gasteiger partial charge >= 0.3 is 17.9 Å². The first-order valence-electron chi connectivity index (χ1n) is 34.3. The van der Waals surface area contributed by atoms with E-state index in [1.807, 2.05) is 0 Å². The van der Waals surface area contributed by atoms with Crippen molar-refractivity contribution in [1.29, 1.82) is 0 Å². The Balaban J connectivity index is 4.23. The second-order valence-corrected chi connectivity index (χ2v) is 23.1. The monoisotopic (exact) mass is 1090 g/mol. The molecule has 0 bridgehead atoms. The van der Waals surface area contributed by atoms with E-state index in [-0.39, 0.29) is 31.1 Å². The number of allylic oxidation sites excluding steroid dienone is 10. The molecule has 0 saturated heterocycles. The Hall–Kier alpha value is -2.89. The highest BCUT2D eigenvalue weighted by Crippen LogP contribution is 2.18. The molecule has 454 valence electrons.